The van der Waals surface area contributed by atoms with Crippen LogP contribution in [0.3, 0.4) is 0 Å². The molecule has 0 saturated carbocycles. The predicted molar refractivity (Wildman–Crippen MR) is 160 cm³/mol. The molecule has 182 valence electrons. The topological polar surface area (TPSA) is 43.6 Å². The zero-order chi connectivity index (χ0) is 25.8. The van der Waals surface area contributed by atoms with Crippen molar-refractivity contribution in [2.75, 3.05) is 0 Å². The van der Waals surface area contributed by atoms with E-state index in [9.17, 15) is 0 Å². The van der Waals surface area contributed by atoms with Crippen LogP contribution in [-0.4, -0.2) is 19.5 Å². The van der Waals surface area contributed by atoms with Gasteiger partial charge in [0.15, 0.2) is 0 Å². The Morgan fingerprint density at radius 3 is 2.03 bits per heavy atom. The summed E-state index contributed by atoms with van der Waals surface area (Å²) >= 11 is 0. The van der Waals surface area contributed by atoms with Gasteiger partial charge in [-0.2, -0.15) is 0 Å². The van der Waals surface area contributed by atoms with E-state index in [0.717, 1.165) is 44.8 Å². The molecule has 4 nitrogen and oxygen atoms in total. The number of hydrogen-bond acceptors (Lipinski definition) is 3. The van der Waals surface area contributed by atoms with E-state index in [0.29, 0.717) is 0 Å². The second kappa shape index (κ2) is 8.61. The molecule has 0 radical (unpaired) electrons. The van der Waals surface area contributed by atoms with Gasteiger partial charge in [-0.15, -0.1) is 0 Å². The molecule has 4 aromatic carbocycles. The largest absolute Gasteiger partial charge is 0.293 e. The van der Waals surface area contributed by atoms with Crippen LogP contribution in [0.2, 0.25) is 0 Å². The maximum absolute atomic E-state index is 4.90. The number of benzene rings is 4. The van der Waals surface area contributed by atoms with Crippen molar-refractivity contribution < 1.29 is 0 Å². The van der Waals surface area contributed by atoms with Gasteiger partial charge in [0.2, 0.25) is 0 Å². The normalized spacial score (nSPS) is 11.6. The Hall–Kier alpha value is -5.35. The van der Waals surface area contributed by atoms with E-state index in [-0.39, 0.29) is 0 Å². The summed E-state index contributed by atoms with van der Waals surface area (Å²) in [6, 6.07) is 40.3. The van der Waals surface area contributed by atoms with E-state index in [4.69, 9.17) is 9.97 Å². The molecule has 4 heterocycles. The van der Waals surface area contributed by atoms with Crippen molar-refractivity contribution in [2.24, 2.45) is 0 Å². The Balaban J connectivity index is 1.40. The minimum Gasteiger partial charge on any atom is -0.293 e. The van der Waals surface area contributed by atoms with Crippen molar-refractivity contribution in [1.29, 1.82) is 0 Å². The number of aromatic nitrogens is 4. The minimum atomic E-state index is 0.866. The molecule has 0 amide bonds. The van der Waals surface area contributed by atoms with E-state index in [1.807, 2.05) is 36.7 Å². The van der Waals surface area contributed by atoms with Crippen LogP contribution in [0.15, 0.2) is 134 Å². The van der Waals surface area contributed by atoms with Crippen molar-refractivity contribution in [2.45, 2.75) is 0 Å². The molecular weight excluding hydrogens is 476 g/mol. The fraction of sp³-hybridized carbons (Fsp3) is 0. The number of pyridine rings is 3. The molecule has 0 spiro atoms. The van der Waals surface area contributed by atoms with Crippen LogP contribution in [0, 0.1) is 0 Å². The van der Waals surface area contributed by atoms with Crippen LogP contribution < -0.4 is 0 Å². The maximum atomic E-state index is 4.90. The van der Waals surface area contributed by atoms with Crippen molar-refractivity contribution in [3.8, 4) is 28.3 Å². The van der Waals surface area contributed by atoms with Gasteiger partial charge >= 0.3 is 0 Å². The second-order valence-electron chi connectivity index (χ2n) is 9.75. The van der Waals surface area contributed by atoms with E-state index >= 15 is 0 Å². The van der Waals surface area contributed by atoms with E-state index in [2.05, 4.69) is 101 Å². The maximum Gasteiger partial charge on any atom is 0.145 e. The molecule has 4 aromatic heterocycles. The van der Waals surface area contributed by atoms with Crippen LogP contribution in [0.25, 0.3) is 71.7 Å². The van der Waals surface area contributed by atoms with Crippen molar-refractivity contribution in [3.63, 3.8) is 0 Å². The van der Waals surface area contributed by atoms with Crippen molar-refractivity contribution in [3.05, 3.63) is 134 Å². The third-order valence-electron chi connectivity index (χ3n) is 7.54. The first-order chi connectivity index (χ1) is 19.3. The molecule has 0 aliphatic carbocycles. The summed E-state index contributed by atoms with van der Waals surface area (Å²) in [6.45, 7) is 0. The minimum absolute atomic E-state index is 0.866. The van der Waals surface area contributed by atoms with Gasteiger partial charge in [-0.25, -0.2) is 4.98 Å². The van der Waals surface area contributed by atoms with Crippen molar-refractivity contribution in [1.82, 2.24) is 19.5 Å². The zero-order valence-corrected chi connectivity index (χ0v) is 21.0. The van der Waals surface area contributed by atoms with Gasteiger partial charge in [0.25, 0.3) is 0 Å². The van der Waals surface area contributed by atoms with Crippen LogP contribution >= 0.6 is 0 Å². The molecule has 0 N–H and O–H groups in total. The van der Waals surface area contributed by atoms with Crippen molar-refractivity contribution >= 4 is 43.4 Å². The van der Waals surface area contributed by atoms with E-state index in [1.54, 1.807) is 6.20 Å². The number of nitrogens with zero attached hydrogens (tertiary/aromatic N) is 4. The SMILES string of the molecule is c1ccc(-c2ccc(-c3ccc4c(c3)c3c5ccccc5ccc3n4-c3nccc4ccccc34)cn2)nc1. The van der Waals surface area contributed by atoms with E-state index in [1.165, 1.54) is 26.9 Å². The fourth-order valence-corrected chi connectivity index (χ4v) is 5.71. The summed E-state index contributed by atoms with van der Waals surface area (Å²) in [7, 11) is 0. The first-order valence-electron chi connectivity index (χ1n) is 13.0. The highest BCUT2D eigenvalue weighted by molar-refractivity contribution is 6.22. The smallest absolute Gasteiger partial charge is 0.145 e. The molecule has 0 atom stereocenters. The molecule has 0 unspecified atom stereocenters. The Kier molecular flexibility index (Phi) is 4.79. The highest BCUT2D eigenvalue weighted by Crippen LogP contribution is 2.39. The Morgan fingerprint density at radius 2 is 1.21 bits per heavy atom. The average Bonchev–Trinajstić information content (AvgIpc) is 3.35. The monoisotopic (exact) mass is 498 g/mol. The van der Waals surface area contributed by atoms with Crippen LogP contribution in [0.1, 0.15) is 0 Å². The van der Waals surface area contributed by atoms with Gasteiger partial charge < -0.3 is 0 Å². The first-order valence-corrected chi connectivity index (χ1v) is 13.0. The Bertz CT molecular complexity index is 2160. The molecule has 4 heteroatoms. The number of hydrogen-bond donors (Lipinski definition) is 0. The summed E-state index contributed by atoms with van der Waals surface area (Å²) in [5, 5.41) is 7.20. The second-order valence-corrected chi connectivity index (χ2v) is 9.75. The zero-order valence-electron chi connectivity index (χ0n) is 21.0. The molecule has 0 saturated heterocycles. The predicted octanol–water partition coefficient (Wildman–Crippen LogP) is 8.61. The summed E-state index contributed by atoms with van der Waals surface area (Å²) in [4.78, 5) is 14.1. The molecule has 0 aliphatic rings. The number of fused-ring (bicyclic) bond motifs is 6. The lowest BCUT2D eigenvalue weighted by Crippen LogP contribution is -1.98. The molecule has 8 rings (SSSR count). The van der Waals surface area contributed by atoms with E-state index < -0.39 is 0 Å². The van der Waals surface area contributed by atoms with Crippen LogP contribution in [0.5, 0.6) is 0 Å². The van der Waals surface area contributed by atoms with Crippen LogP contribution in [0.4, 0.5) is 0 Å². The Labute approximate surface area is 224 Å². The molecule has 0 aliphatic heterocycles. The van der Waals surface area contributed by atoms with Gasteiger partial charge in [-0.05, 0) is 64.2 Å². The highest BCUT2D eigenvalue weighted by Gasteiger charge is 2.18. The quantitative estimate of drug-likeness (QED) is 0.245. The Morgan fingerprint density at radius 1 is 0.462 bits per heavy atom. The van der Waals surface area contributed by atoms with Gasteiger partial charge in [0.1, 0.15) is 5.82 Å². The summed E-state index contributed by atoms with van der Waals surface area (Å²) in [5.74, 6) is 0.942. The molecular formula is C35H22N4. The van der Waals surface area contributed by atoms with Gasteiger partial charge in [-0.3, -0.25) is 14.5 Å². The highest BCUT2D eigenvalue weighted by atomic mass is 15.1. The third kappa shape index (κ3) is 3.42. The molecule has 39 heavy (non-hydrogen) atoms. The fourth-order valence-electron chi connectivity index (χ4n) is 5.71. The lowest BCUT2D eigenvalue weighted by molar-refractivity contribution is 1.10. The average molecular weight is 499 g/mol. The first kappa shape index (κ1) is 21.7. The van der Waals surface area contributed by atoms with Gasteiger partial charge in [0, 0.05) is 40.3 Å². The molecule has 0 bridgehead atoms. The lowest BCUT2D eigenvalue weighted by Gasteiger charge is -2.10. The summed E-state index contributed by atoms with van der Waals surface area (Å²) in [5.41, 5.74) is 6.21. The van der Waals surface area contributed by atoms with Gasteiger partial charge in [0.05, 0.1) is 22.4 Å². The van der Waals surface area contributed by atoms with Gasteiger partial charge in [-0.1, -0.05) is 72.8 Å². The standard InChI is InChI=1S/C35H22N4/c1-3-9-27-23(7-1)13-17-33-34(27)29-21-25(26-12-15-31(38-22-26)30-11-5-6-19-36-30)14-16-32(29)39(33)35-28-10-4-2-8-24(28)18-20-37-35/h1-22H. The summed E-state index contributed by atoms with van der Waals surface area (Å²) < 4.78 is 2.31. The number of rotatable bonds is 3. The molecule has 0 fully saturated rings. The molecule has 8 aromatic rings. The summed E-state index contributed by atoms with van der Waals surface area (Å²) in [6.07, 6.45) is 5.64. The third-order valence-corrected chi connectivity index (χ3v) is 7.54. The van der Waals surface area contributed by atoms with Crippen LogP contribution in [-0.2, 0) is 0 Å². The lowest BCUT2D eigenvalue weighted by atomic mass is 10.0.